The van der Waals surface area contributed by atoms with Crippen LogP contribution in [0.15, 0.2) is 0 Å². The van der Waals surface area contributed by atoms with Crippen molar-refractivity contribution in [2.75, 3.05) is 6.07 Å². The molecule has 0 bridgehead atoms. The molecule has 1 aliphatic rings. The van der Waals surface area contributed by atoms with Crippen LogP contribution in [-0.4, -0.2) is 29.8 Å². The number of carbonyl (C=O) groups is 2. The second-order valence-electron chi connectivity index (χ2n) is 6.09. The van der Waals surface area contributed by atoms with E-state index >= 15 is 0 Å². The van der Waals surface area contributed by atoms with E-state index in [0.29, 0.717) is 0 Å². The molecular weight excluding hydrogens is 282 g/mol. The largest absolute Gasteiger partial charge is 0.448 e. The number of esters is 1. The molecule has 1 atom stereocenters. The molecule has 1 rings (SSSR count). The summed E-state index contributed by atoms with van der Waals surface area (Å²) >= 11 is 5.44. The Morgan fingerprint density at radius 1 is 1.25 bits per heavy atom. The van der Waals surface area contributed by atoms with Crippen molar-refractivity contribution in [2.24, 2.45) is 5.92 Å². The van der Waals surface area contributed by atoms with Crippen LogP contribution in [0.5, 0.6) is 0 Å². The van der Waals surface area contributed by atoms with Crippen molar-refractivity contribution in [3.05, 3.63) is 0 Å². The first-order chi connectivity index (χ1) is 9.33. The molecule has 0 aliphatic heterocycles. The number of amides is 1. The zero-order chi connectivity index (χ0) is 15.2. The fraction of sp³-hybridized carbons (Fsp3) is 0.857. The standard InChI is InChI=1S/C14H24ClNO4/c1-14(2,3)20-13(18)16-11(12(17)19-9-15)10-7-5-4-6-8-10/h10-11H,4-9H2,1-3H3,(H,16,18). The van der Waals surface area contributed by atoms with E-state index in [1.54, 1.807) is 20.8 Å². The summed E-state index contributed by atoms with van der Waals surface area (Å²) in [7, 11) is 0. The van der Waals surface area contributed by atoms with Gasteiger partial charge in [-0.15, -0.1) is 0 Å². The van der Waals surface area contributed by atoms with Crippen LogP contribution in [0.2, 0.25) is 0 Å². The van der Waals surface area contributed by atoms with Crippen LogP contribution < -0.4 is 5.32 Å². The van der Waals surface area contributed by atoms with Crippen molar-refractivity contribution < 1.29 is 19.1 Å². The Bertz CT molecular complexity index is 335. The van der Waals surface area contributed by atoms with Gasteiger partial charge in [0.25, 0.3) is 0 Å². The molecule has 116 valence electrons. The van der Waals surface area contributed by atoms with Gasteiger partial charge in [-0.3, -0.25) is 0 Å². The highest BCUT2D eigenvalue weighted by molar-refractivity contribution is 6.17. The first kappa shape index (κ1) is 17.1. The van der Waals surface area contributed by atoms with Crippen molar-refractivity contribution in [2.45, 2.75) is 64.5 Å². The Labute approximate surface area is 125 Å². The topological polar surface area (TPSA) is 64.6 Å². The molecule has 6 heteroatoms. The van der Waals surface area contributed by atoms with Crippen LogP contribution in [0.3, 0.4) is 0 Å². The lowest BCUT2D eigenvalue weighted by atomic mass is 9.84. The maximum atomic E-state index is 12.0. The van der Waals surface area contributed by atoms with Crippen molar-refractivity contribution in [1.82, 2.24) is 5.32 Å². The fourth-order valence-corrected chi connectivity index (χ4v) is 2.52. The Kier molecular flexibility index (Phi) is 6.59. The van der Waals surface area contributed by atoms with Crippen LogP contribution in [0.1, 0.15) is 52.9 Å². The highest BCUT2D eigenvalue weighted by atomic mass is 35.5. The summed E-state index contributed by atoms with van der Waals surface area (Å²) in [6, 6.07) is -0.887. The van der Waals surface area contributed by atoms with Gasteiger partial charge >= 0.3 is 12.1 Å². The summed E-state index contributed by atoms with van der Waals surface area (Å²) in [4.78, 5) is 23.8. The number of alkyl halides is 1. The minimum Gasteiger partial charge on any atom is -0.448 e. The molecular formula is C14H24ClNO4. The van der Waals surface area contributed by atoms with Crippen molar-refractivity contribution >= 4 is 23.7 Å². The molecule has 1 fully saturated rings. The van der Waals surface area contributed by atoms with Gasteiger partial charge in [-0.05, 0) is 39.5 Å². The first-order valence-electron chi connectivity index (χ1n) is 7.05. The molecule has 0 heterocycles. The zero-order valence-corrected chi connectivity index (χ0v) is 13.2. The van der Waals surface area contributed by atoms with Crippen LogP contribution in [0, 0.1) is 5.92 Å². The molecule has 1 saturated carbocycles. The molecule has 0 aromatic heterocycles. The Hall–Kier alpha value is -0.970. The van der Waals surface area contributed by atoms with Crippen molar-refractivity contribution in [3.8, 4) is 0 Å². The molecule has 1 aliphatic carbocycles. The summed E-state index contributed by atoms with van der Waals surface area (Å²) in [6.07, 6.45) is 4.49. The normalized spacial score (nSPS) is 18.2. The third kappa shape index (κ3) is 5.99. The molecule has 1 unspecified atom stereocenters. The average Bonchev–Trinajstić information content (AvgIpc) is 2.35. The predicted octanol–water partition coefficient (Wildman–Crippen LogP) is 3.20. The molecule has 1 amide bonds. The number of ether oxygens (including phenoxy) is 2. The van der Waals surface area contributed by atoms with E-state index in [1.165, 1.54) is 6.42 Å². The van der Waals surface area contributed by atoms with Crippen LogP contribution >= 0.6 is 11.6 Å². The third-order valence-electron chi connectivity index (χ3n) is 3.24. The number of hydrogen-bond acceptors (Lipinski definition) is 4. The zero-order valence-electron chi connectivity index (χ0n) is 12.4. The average molecular weight is 306 g/mol. The van der Waals surface area contributed by atoms with E-state index in [-0.39, 0.29) is 12.0 Å². The number of nitrogens with one attached hydrogen (secondary N) is 1. The minimum absolute atomic E-state index is 0.0898. The van der Waals surface area contributed by atoms with Crippen LogP contribution in [0.25, 0.3) is 0 Å². The maximum absolute atomic E-state index is 12.0. The van der Waals surface area contributed by atoms with Crippen molar-refractivity contribution in [3.63, 3.8) is 0 Å². The van der Waals surface area contributed by atoms with Gasteiger partial charge in [0.15, 0.2) is 6.07 Å². The SMILES string of the molecule is CC(C)(C)OC(=O)NC(C(=O)OCCl)C1CCCCC1. The van der Waals surface area contributed by atoms with E-state index in [9.17, 15) is 9.59 Å². The molecule has 0 saturated heterocycles. The molecule has 5 nitrogen and oxygen atoms in total. The summed E-state index contributed by atoms with van der Waals surface area (Å²) in [6.45, 7) is 5.33. The number of halogens is 1. The molecule has 0 aromatic rings. The number of carbonyl (C=O) groups excluding carboxylic acids is 2. The summed E-state index contributed by atoms with van der Waals surface area (Å²) in [5.41, 5.74) is -0.600. The lowest BCUT2D eigenvalue weighted by Crippen LogP contribution is -2.48. The summed E-state index contributed by atoms with van der Waals surface area (Å²) in [5, 5.41) is 2.63. The summed E-state index contributed by atoms with van der Waals surface area (Å²) in [5.74, 6) is -0.398. The maximum Gasteiger partial charge on any atom is 0.408 e. The highest BCUT2D eigenvalue weighted by Crippen LogP contribution is 2.27. The van der Waals surface area contributed by atoms with E-state index < -0.39 is 23.7 Å². The fourth-order valence-electron chi connectivity index (χ4n) is 2.41. The third-order valence-corrected chi connectivity index (χ3v) is 3.35. The Morgan fingerprint density at radius 2 is 1.85 bits per heavy atom. The number of alkyl carbamates (subject to hydrolysis) is 1. The van der Waals surface area contributed by atoms with Gasteiger partial charge in [-0.25, -0.2) is 9.59 Å². The van der Waals surface area contributed by atoms with Gasteiger partial charge in [0.05, 0.1) is 0 Å². The summed E-state index contributed by atoms with van der Waals surface area (Å²) < 4.78 is 10.0. The van der Waals surface area contributed by atoms with Gasteiger partial charge in [-0.1, -0.05) is 30.9 Å². The van der Waals surface area contributed by atoms with E-state index in [2.05, 4.69) is 5.32 Å². The lowest BCUT2D eigenvalue weighted by Gasteiger charge is -2.30. The van der Waals surface area contributed by atoms with E-state index in [0.717, 1.165) is 25.7 Å². The quantitative estimate of drug-likeness (QED) is 0.640. The van der Waals surface area contributed by atoms with Crippen LogP contribution in [-0.2, 0) is 14.3 Å². The van der Waals surface area contributed by atoms with Crippen LogP contribution in [0.4, 0.5) is 4.79 Å². The number of rotatable bonds is 4. The molecule has 1 N–H and O–H groups in total. The smallest absolute Gasteiger partial charge is 0.408 e. The van der Waals surface area contributed by atoms with E-state index in [1.807, 2.05) is 0 Å². The Balaban J connectivity index is 2.66. The first-order valence-corrected chi connectivity index (χ1v) is 7.59. The number of hydrogen-bond donors (Lipinski definition) is 1. The Morgan fingerprint density at radius 3 is 2.35 bits per heavy atom. The predicted molar refractivity (Wildman–Crippen MR) is 76.5 cm³/mol. The second kappa shape index (κ2) is 7.72. The van der Waals surface area contributed by atoms with Gasteiger partial charge < -0.3 is 14.8 Å². The molecule has 20 heavy (non-hydrogen) atoms. The van der Waals surface area contributed by atoms with Gasteiger partial charge in [0.1, 0.15) is 11.6 Å². The molecule has 0 spiro atoms. The van der Waals surface area contributed by atoms with Gasteiger partial charge in [-0.2, -0.15) is 0 Å². The molecule has 0 aromatic carbocycles. The second-order valence-corrected chi connectivity index (χ2v) is 6.31. The van der Waals surface area contributed by atoms with Crippen molar-refractivity contribution in [1.29, 1.82) is 0 Å². The monoisotopic (exact) mass is 305 g/mol. The lowest BCUT2D eigenvalue weighted by molar-refractivity contribution is -0.146. The van der Waals surface area contributed by atoms with E-state index in [4.69, 9.17) is 21.1 Å². The van der Waals surface area contributed by atoms with Gasteiger partial charge in [0, 0.05) is 0 Å². The highest BCUT2D eigenvalue weighted by Gasteiger charge is 2.33. The van der Waals surface area contributed by atoms with Gasteiger partial charge in [0.2, 0.25) is 0 Å². The molecule has 0 radical (unpaired) electrons. The minimum atomic E-state index is -0.677.